The summed E-state index contributed by atoms with van der Waals surface area (Å²) in [5.74, 6) is 7.95. The van der Waals surface area contributed by atoms with E-state index < -0.39 is 0 Å². The van der Waals surface area contributed by atoms with Crippen LogP contribution in [-0.2, 0) is 6.54 Å². The van der Waals surface area contributed by atoms with Gasteiger partial charge in [0.25, 0.3) is 5.91 Å². The van der Waals surface area contributed by atoms with Crippen LogP contribution in [0.25, 0.3) is 0 Å². The number of ether oxygens (including phenoxy) is 1. The lowest BCUT2D eigenvalue weighted by Crippen LogP contribution is -2.74. The van der Waals surface area contributed by atoms with E-state index in [4.69, 9.17) is 21.6 Å². The van der Waals surface area contributed by atoms with Crippen molar-refractivity contribution in [2.75, 3.05) is 13.1 Å². The van der Waals surface area contributed by atoms with Gasteiger partial charge in [-0.25, -0.2) is 0 Å². The van der Waals surface area contributed by atoms with E-state index in [-0.39, 0.29) is 28.9 Å². The second kappa shape index (κ2) is 8.59. The summed E-state index contributed by atoms with van der Waals surface area (Å²) in [6.07, 6.45) is 0.786. The molecular weight excluding hydrogens is 458 g/mol. The predicted molar refractivity (Wildman–Crippen MR) is 136 cm³/mol. The summed E-state index contributed by atoms with van der Waals surface area (Å²) in [6, 6.07) is 13.2. The molecule has 1 aliphatic carbocycles. The highest BCUT2D eigenvalue weighted by Crippen LogP contribution is 2.59. The quantitative estimate of drug-likeness (QED) is 0.615. The molecule has 0 unspecified atom stereocenters. The van der Waals surface area contributed by atoms with Crippen LogP contribution in [0.5, 0.6) is 5.75 Å². The van der Waals surface area contributed by atoms with Gasteiger partial charge < -0.3 is 15.0 Å². The minimum Gasteiger partial charge on any atom is -0.489 e. The van der Waals surface area contributed by atoms with E-state index >= 15 is 0 Å². The van der Waals surface area contributed by atoms with Crippen LogP contribution in [-0.4, -0.2) is 36.0 Å². The lowest BCUT2D eigenvalue weighted by molar-refractivity contribution is -0.199. The van der Waals surface area contributed by atoms with Crippen molar-refractivity contribution in [1.82, 2.24) is 10.2 Å². The van der Waals surface area contributed by atoms with Gasteiger partial charge in [0.15, 0.2) is 0 Å². The van der Waals surface area contributed by atoms with Gasteiger partial charge in [-0.2, -0.15) is 5.26 Å². The summed E-state index contributed by atoms with van der Waals surface area (Å²) < 4.78 is 6.41. The number of fused-ring (bicyclic) bond motifs is 1. The zero-order valence-electron chi connectivity index (χ0n) is 20.6. The van der Waals surface area contributed by atoms with Crippen LogP contribution in [0.15, 0.2) is 36.4 Å². The molecule has 180 valence electrons. The Kier molecular flexibility index (Phi) is 5.83. The summed E-state index contributed by atoms with van der Waals surface area (Å²) in [5.41, 5.74) is 2.66. The molecule has 1 N–H and O–H groups in total. The predicted octanol–water partition coefficient (Wildman–Crippen LogP) is 5.01. The minimum atomic E-state index is -0.277. The number of carbonyl (C=O) groups excluding carboxylic acids is 1. The van der Waals surface area contributed by atoms with Crippen molar-refractivity contribution >= 4 is 17.5 Å². The number of nitrogens with zero attached hydrogens (tertiary/aromatic N) is 2. The van der Waals surface area contributed by atoms with Crippen LogP contribution in [0, 0.1) is 39.9 Å². The number of nitrogens with one attached hydrogen (secondary N) is 1. The van der Waals surface area contributed by atoms with E-state index in [0.717, 1.165) is 36.2 Å². The van der Waals surface area contributed by atoms with Crippen LogP contribution in [0.2, 0.25) is 5.02 Å². The molecule has 2 fully saturated rings. The first-order valence-corrected chi connectivity index (χ1v) is 12.5. The topological polar surface area (TPSA) is 65.4 Å². The van der Waals surface area contributed by atoms with Gasteiger partial charge >= 0.3 is 0 Å². The molecule has 0 spiro atoms. The Morgan fingerprint density at radius 1 is 1.14 bits per heavy atom. The molecule has 3 aliphatic rings. The van der Waals surface area contributed by atoms with Crippen molar-refractivity contribution in [3.05, 3.63) is 63.7 Å². The number of hydrogen-bond acceptors (Lipinski definition) is 4. The normalized spacial score (nSPS) is 23.9. The van der Waals surface area contributed by atoms with E-state index in [0.29, 0.717) is 28.8 Å². The van der Waals surface area contributed by atoms with Crippen LogP contribution < -0.4 is 10.1 Å². The average Bonchev–Trinajstić information content (AvgIpc) is 3.08. The third kappa shape index (κ3) is 3.98. The maximum atomic E-state index is 13.4. The van der Waals surface area contributed by atoms with Gasteiger partial charge in [0.2, 0.25) is 0 Å². The van der Waals surface area contributed by atoms with Crippen molar-refractivity contribution in [1.29, 1.82) is 5.26 Å². The Labute approximate surface area is 212 Å². The number of nitriles is 1. The molecule has 1 saturated heterocycles. The van der Waals surface area contributed by atoms with Crippen LogP contribution in [0.4, 0.5) is 0 Å². The SMILES string of the molecule is CC1(C)C(Oc2ccc(C#N)c(Cl)c2)C(C)(C)C1N1Cc2cc(C#CCC3CNC3)ccc2C1=O. The van der Waals surface area contributed by atoms with Crippen LogP contribution in [0.3, 0.4) is 0 Å². The van der Waals surface area contributed by atoms with Gasteiger partial charge in [0, 0.05) is 60.1 Å². The van der Waals surface area contributed by atoms with Gasteiger partial charge in [-0.3, -0.25) is 4.79 Å². The lowest BCUT2D eigenvalue weighted by Gasteiger charge is -2.65. The minimum absolute atomic E-state index is 0.00871. The third-order valence-corrected chi connectivity index (χ3v) is 8.13. The van der Waals surface area contributed by atoms with Gasteiger partial charge in [-0.15, -0.1) is 0 Å². The van der Waals surface area contributed by atoms with E-state index in [1.807, 2.05) is 17.0 Å². The summed E-state index contributed by atoms with van der Waals surface area (Å²) in [5, 5.41) is 12.8. The summed E-state index contributed by atoms with van der Waals surface area (Å²) >= 11 is 6.22. The Hall–Kier alpha value is -2.99. The highest BCUT2D eigenvalue weighted by atomic mass is 35.5. The molecule has 6 heteroatoms. The number of carbonyl (C=O) groups is 1. The molecule has 1 saturated carbocycles. The molecular formula is C29H30ClN3O2. The number of rotatable bonds is 4. The van der Waals surface area contributed by atoms with E-state index in [9.17, 15) is 4.79 Å². The van der Waals surface area contributed by atoms with Gasteiger partial charge in [-0.05, 0) is 41.8 Å². The third-order valence-electron chi connectivity index (χ3n) is 7.81. The fourth-order valence-electron chi connectivity index (χ4n) is 6.43. The van der Waals surface area contributed by atoms with Crippen molar-refractivity contribution in [3.63, 3.8) is 0 Å². The molecule has 35 heavy (non-hydrogen) atoms. The molecule has 2 heterocycles. The van der Waals surface area contributed by atoms with Gasteiger partial charge in [0.05, 0.1) is 10.6 Å². The first kappa shape index (κ1) is 23.7. The van der Waals surface area contributed by atoms with Crippen molar-refractivity contribution < 1.29 is 9.53 Å². The molecule has 0 aromatic heterocycles. The molecule has 2 aromatic carbocycles. The fraction of sp³-hybridized carbons (Fsp3) is 0.448. The summed E-state index contributed by atoms with van der Waals surface area (Å²) in [6.45, 7) is 11.3. The molecule has 1 amide bonds. The molecule has 2 aromatic rings. The largest absolute Gasteiger partial charge is 0.489 e. The molecule has 5 nitrogen and oxygen atoms in total. The lowest BCUT2D eigenvalue weighted by atomic mass is 9.49. The number of benzene rings is 2. The maximum Gasteiger partial charge on any atom is 0.254 e. The van der Waals surface area contributed by atoms with Gasteiger partial charge in [0.1, 0.15) is 17.9 Å². The van der Waals surface area contributed by atoms with Crippen molar-refractivity contribution in [3.8, 4) is 23.7 Å². The molecule has 5 rings (SSSR count). The highest BCUT2D eigenvalue weighted by molar-refractivity contribution is 6.31. The van der Waals surface area contributed by atoms with E-state index in [1.165, 1.54) is 0 Å². The molecule has 0 radical (unpaired) electrons. The molecule has 0 bridgehead atoms. The van der Waals surface area contributed by atoms with Crippen molar-refractivity contribution in [2.45, 2.75) is 52.8 Å². The maximum absolute atomic E-state index is 13.4. The average molecular weight is 488 g/mol. The Bertz CT molecular complexity index is 1280. The zero-order chi connectivity index (χ0) is 25.0. The number of hydrogen-bond donors (Lipinski definition) is 1. The standard InChI is InChI=1S/C29H30ClN3O2/c1-28(2)26(29(3,4)27(28)35-22-10-9-20(14-31)24(30)13-22)33-17-21-12-18(8-11-23(21)25(33)34)6-5-7-19-15-32-16-19/h8-13,19,26-27,32H,7,15-17H2,1-4H3. The van der Waals surface area contributed by atoms with E-state index in [2.05, 4.69) is 57.0 Å². The summed E-state index contributed by atoms with van der Waals surface area (Å²) in [7, 11) is 0. The Morgan fingerprint density at radius 2 is 1.89 bits per heavy atom. The highest BCUT2D eigenvalue weighted by Gasteiger charge is 2.66. The first-order chi connectivity index (χ1) is 16.6. The molecule has 0 atom stereocenters. The molecule has 2 aliphatic heterocycles. The van der Waals surface area contributed by atoms with Crippen molar-refractivity contribution in [2.24, 2.45) is 16.7 Å². The smallest absolute Gasteiger partial charge is 0.254 e. The number of halogens is 1. The Morgan fingerprint density at radius 3 is 2.51 bits per heavy atom. The second-order valence-electron chi connectivity index (χ2n) is 11.1. The van der Waals surface area contributed by atoms with E-state index in [1.54, 1.807) is 18.2 Å². The number of amides is 1. The zero-order valence-corrected chi connectivity index (χ0v) is 21.4. The fourth-order valence-corrected chi connectivity index (χ4v) is 6.64. The van der Waals surface area contributed by atoms with Crippen LogP contribution >= 0.6 is 11.6 Å². The monoisotopic (exact) mass is 487 g/mol. The van der Waals surface area contributed by atoms with Crippen LogP contribution in [0.1, 0.15) is 61.2 Å². The van der Waals surface area contributed by atoms with Gasteiger partial charge in [-0.1, -0.05) is 51.1 Å². The first-order valence-electron chi connectivity index (χ1n) is 12.1. The second-order valence-corrected chi connectivity index (χ2v) is 11.5. The summed E-state index contributed by atoms with van der Waals surface area (Å²) in [4.78, 5) is 15.4. The Balaban J connectivity index is 1.33.